The zero-order valence-corrected chi connectivity index (χ0v) is 14.0. The molecule has 0 aromatic heterocycles. The summed E-state index contributed by atoms with van der Waals surface area (Å²) in [5.74, 6) is 0.522. The fourth-order valence-corrected chi connectivity index (χ4v) is 2.93. The Labute approximate surface area is 138 Å². The molecule has 1 fully saturated rings. The molecule has 1 aromatic carbocycles. The van der Waals surface area contributed by atoms with Crippen molar-refractivity contribution >= 4 is 11.8 Å². The van der Waals surface area contributed by atoms with Crippen molar-refractivity contribution in [2.75, 3.05) is 19.6 Å². The Bertz CT molecular complexity index is 522. The number of rotatable bonds is 7. The van der Waals surface area contributed by atoms with Gasteiger partial charge in [-0.15, -0.1) is 0 Å². The summed E-state index contributed by atoms with van der Waals surface area (Å²) in [6.07, 6.45) is 2.47. The zero-order valence-electron chi connectivity index (χ0n) is 14.0. The van der Waals surface area contributed by atoms with Crippen molar-refractivity contribution < 1.29 is 9.59 Å². The minimum atomic E-state index is -0.277. The lowest BCUT2D eigenvalue weighted by atomic mass is 10.0. The minimum Gasteiger partial charge on any atom is -0.356 e. The molecule has 126 valence electrons. The summed E-state index contributed by atoms with van der Waals surface area (Å²) in [6, 6.07) is 7.65. The maximum Gasteiger partial charge on any atom is 0.222 e. The van der Waals surface area contributed by atoms with Crippen LogP contribution in [0, 0.1) is 12.8 Å². The van der Waals surface area contributed by atoms with E-state index in [2.05, 4.69) is 16.0 Å². The Kier molecular flexibility index (Phi) is 6.59. The highest BCUT2D eigenvalue weighted by Crippen LogP contribution is 2.18. The van der Waals surface area contributed by atoms with Crippen molar-refractivity contribution in [3.63, 3.8) is 0 Å². The monoisotopic (exact) mass is 317 g/mol. The molecular weight excluding hydrogens is 290 g/mol. The second-order valence-corrected chi connectivity index (χ2v) is 6.37. The number of hydrogen-bond acceptors (Lipinski definition) is 3. The first-order valence-corrected chi connectivity index (χ1v) is 8.35. The van der Waals surface area contributed by atoms with Crippen LogP contribution in [-0.4, -0.2) is 31.4 Å². The highest BCUT2D eigenvalue weighted by molar-refractivity contribution is 5.79. The highest BCUT2D eigenvalue weighted by atomic mass is 16.2. The molecule has 2 unspecified atom stereocenters. The fourth-order valence-electron chi connectivity index (χ4n) is 2.93. The molecule has 0 bridgehead atoms. The van der Waals surface area contributed by atoms with Gasteiger partial charge in [-0.3, -0.25) is 9.59 Å². The maximum atomic E-state index is 12.2. The van der Waals surface area contributed by atoms with Crippen molar-refractivity contribution in [1.29, 1.82) is 0 Å². The minimum absolute atomic E-state index is 0.0183. The second kappa shape index (κ2) is 8.67. The van der Waals surface area contributed by atoms with E-state index in [4.69, 9.17) is 0 Å². The summed E-state index contributed by atoms with van der Waals surface area (Å²) in [5.41, 5.74) is 2.12. The van der Waals surface area contributed by atoms with Crippen molar-refractivity contribution in [3.05, 3.63) is 35.4 Å². The number of benzene rings is 1. The standard InChI is InChI=1S/C18H27N3O2/c1-13-3-5-16(6-4-13)17(21-14(2)22)11-18(23)20-10-8-15-7-9-19-12-15/h3-6,15,17,19H,7-12H2,1-2H3,(H,20,23)(H,21,22). The third kappa shape index (κ3) is 6.02. The Morgan fingerprint density at radius 3 is 2.65 bits per heavy atom. The Morgan fingerprint density at radius 2 is 2.04 bits per heavy atom. The first kappa shape index (κ1) is 17.5. The third-order valence-corrected chi connectivity index (χ3v) is 4.28. The lowest BCUT2D eigenvalue weighted by Crippen LogP contribution is -2.33. The van der Waals surface area contributed by atoms with Crippen molar-refractivity contribution in [3.8, 4) is 0 Å². The van der Waals surface area contributed by atoms with Crippen LogP contribution in [-0.2, 0) is 9.59 Å². The molecule has 3 N–H and O–H groups in total. The Hall–Kier alpha value is -1.88. The average Bonchev–Trinajstić information content (AvgIpc) is 3.00. The first-order valence-electron chi connectivity index (χ1n) is 8.35. The summed E-state index contributed by atoms with van der Waals surface area (Å²) >= 11 is 0. The van der Waals surface area contributed by atoms with Crippen molar-refractivity contribution in [2.45, 2.75) is 39.2 Å². The van der Waals surface area contributed by atoms with Crippen LogP contribution >= 0.6 is 0 Å². The van der Waals surface area contributed by atoms with E-state index in [0.29, 0.717) is 12.5 Å². The van der Waals surface area contributed by atoms with Crippen LogP contribution in [0.2, 0.25) is 0 Å². The molecule has 1 aromatic rings. The zero-order chi connectivity index (χ0) is 16.7. The molecule has 0 saturated carbocycles. The second-order valence-electron chi connectivity index (χ2n) is 6.37. The van der Waals surface area contributed by atoms with E-state index in [1.165, 1.54) is 13.3 Å². The van der Waals surface area contributed by atoms with E-state index in [9.17, 15) is 9.59 Å². The molecule has 5 nitrogen and oxygen atoms in total. The molecule has 23 heavy (non-hydrogen) atoms. The maximum absolute atomic E-state index is 12.2. The van der Waals surface area contributed by atoms with E-state index in [1.54, 1.807) is 0 Å². The summed E-state index contributed by atoms with van der Waals surface area (Å²) in [5, 5.41) is 9.17. The van der Waals surface area contributed by atoms with Crippen LogP contribution in [0.4, 0.5) is 0 Å². The quantitative estimate of drug-likeness (QED) is 0.716. The molecule has 1 aliphatic rings. The van der Waals surface area contributed by atoms with Crippen LogP contribution in [0.3, 0.4) is 0 Å². The van der Waals surface area contributed by atoms with Gasteiger partial charge in [0.1, 0.15) is 0 Å². The van der Waals surface area contributed by atoms with E-state index >= 15 is 0 Å². The number of hydrogen-bond donors (Lipinski definition) is 3. The van der Waals surface area contributed by atoms with Gasteiger partial charge in [-0.1, -0.05) is 29.8 Å². The van der Waals surface area contributed by atoms with Gasteiger partial charge in [-0.05, 0) is 44.3 Å². The van der Waals surface area contributed by atoms with Gasteiger partial charge in [-0.25, -0.2) is 0 Å². The third-order valence-electron chi connectivity index (χ3n) is 4.28. The predicted molar refractivity (Wildman–Crippen MR) is 91.0 cm³/mol. The topological polar surface area (TPSA) is 70.2 Å². The van der Waals surface area contributed by atoms with E-state index in [1.807, 2.05) is 31.2 Å². The number of carbonyl (C=O) groups is 2. The van der Waals surface area contributed by atoms with E-state index < -0.39 is 0 Å². The highest BCUT2D eigenvalue weighted by Gasteiger charge is 2.18. The van der Waals surface area contributed by atoms with Crippen LogP contribution in [0.1, 0.15) is 43.4 Å². The molecule has 1 saturated heterocycles. The summed E-state index contributed by atoms with van der Waals surface area (Å²) in [4.78, 5) is 23.6. The van der Waals surface area contributed by atoms with Crippen LogP contribution in [0.5, 0.6) is 0 Å². The van der Waals surface area contributed by atoms with Gasteiger partial charge in [0.15, 0.2) is 0 Å². The predicted octanol–water partition coefficient (Wildman–Crippen LogP) is 1.68. The van der Waals surface area contributed by atoms with Crippen molar-refractivity contribution in [2.24, 2.45) is 5.92 Å². The van der Waals surface area contributed by atoms with Gasteiger partial charge >= 0.3 is 0 Å². The van der Waals surface area contributed by atoms with Gasteiger partial charge in [-0.2, -0.15) is 0 Å². The molecule has 1 aliphatic heterocycles. The number of amides is 2. The molecule has 0 aliphatic carbocycles. The molecule has 0 spiro atoms. The van der Waals surface area contributed by atoms with Gasteiger partial charge in [0.25, 0.3) is 0 Å². The van der Waals surface area contributed by atoms with E-state index in [-0.39, 0.29) is 24.3 Å². The summed E-state index contributed by atoms with van der Waals surface area (Å²) < 4.78 is 0. The normalized spacial score (nSPS) is 18.4. The van der Waals surface area contributed by atoms with Gasteiger partial charge in [0.2, 0.25) is 11.8 Å². The first-order chi connectivity index (χ1) is 11.0. The molecule has 2 atom stereocenters. The lowest BCUT2D eigenvalue weighted by molar-refractivity contribution is -0.122. The fraction of sp³-hybridized carbons (Fsp3) is 0.556. The van der Waals surface area contributed by atoms with Gasteiger partial charge in [0.05, 0.1) is 12.5 Å². The SMILES string of the molecule is CC(=O)NC(CC(=O)NCCC1CCNC1)c1ccc(C)cc1. The smallest absolute Gasteiger partial charge is 0.222 e. The van der Waals surface area contributed by atoms with Gasteiger partial charge in [0, 0.05) is 13.5 Å². The van der Waals surface area contributed by atoms with Crippen LogP contribution in [0.25, 0.3) is 0 Å². The molecule has 5 heteroatoms. The lowest BCUT2D eigenvalue weighted by Gasteiger charge is -2.18. The molecular formula is C18H27N3O2. The Morgan fingerprint density at radius 1 is 1.30 bits per heavy atom. The van der Waals surface area contributed by atoms with Crippen LogP contribution < -0.4 is 16.0 Å². The van der Waals surface area contributed by atoms with Gasteiger partial charge < -0.3 is 16.0 Å². The molecule has 2 amide bonds. The number of nitrogens with one attached hydrogen (secondary N) is 3. The number of aryl methyl sites for hydroxylation is 1. The molecule has 0 radical (unpaired) electrons. The number of carbonyl (C=O) groups excluding carboxylic acids is 2. The Balaban J connectivity index is 1.84. The summed E-state index contributed by atoms with van der Waals surface area (Å²) in [7, 11) is 0. The molecule has 2 rings (SSSR count). The summed E-state index contributed by atoms with van der Waals surface area (Å²) in [6.45, 7) is 6.32. The molecule has 1 heterocycles. The van der Waals surface area contributed by atoms with Crippen LogP contribution in [0.15, 0.2) is 24.3 Å². The van der Waals surface area contributed by atoms with E-state index in [0.717, 1.165) is 30.6 Å². The average molecular weight is 317 g/mol. The largest absolute Gasteiger partial charge is 0.356 e. The van der Waals surface area contributed by atoms with Crippen molar-refractivity contribution in [1.82, 2.24) is 16.0 Å².